The van der Waals surface area contributed by atoms with E-state index in [4.69, 9.17) is 18.0 Å². The van der Waals surface area contributed by atoms with Crippen LogP contribution in [-0.4, -0.2) is 10.5 Å². The zero-order valence-corrected chi connectivity index (χ0v) is 9.73. The average molecular weight is 220 g/mol. The molecule has 0 bridgehead atoms. The average Bonchev–Trinajstić information content (AvgIpc) is 2.16. The lowest BCUT2D eigenvalue weighted by Crippen LogP contribution is -2.41. The Bertz CT molecular complexity index is 366. The molecule has 1 aromatic rings. The second-order valence-corrected chi connectivity index (χ2v) is 4.92. The standard InChI is InChI=1S/C12H16N2S/c1-12(7-2-8-12)14-10-5-3-9(4-6-10)11(13)15/h3-6,14H,2,7-8H2,1H3,(H2,13,15). The molecule has 2 rings (SSSR count). The molecule has 2 nitrogen and oxygen atoms in total. The van der Waals surface area contributed by atoms with Gasteiger partial charge in [-0.15, -0.1) is 0 Å². The van der Waals surface area contributed by atoms with Crippen LogP contribution in [0.1, 0.15) is 31.7 Å². The van der Waals surface area contributed by atoms with Crippen LogP contribution in [0.2, 0.25) is 0 Å². The summed E-state index contributed by atoms with van der Waals surface area (Å²) in [6.45, 7) is 2.26. The Morgan fingerprint density at radius 2 is 1.93 bits per heavy atom. The van der Waals surface area contributed by atoms with Crippen molar-refractivity contribution in [1.82, 2.24) is 0 Å². The number of anilines is 1. The first kappa shape index (κ1) is 10.4. The molecule has 0 radical (unpaired) electrons. The maximum Gasteiger partial charge on any atom is 0.103 e. The third-order valence-electron chi connectivity index (χ3n) is 3.07. The van der Waals surface area contributed by atoms with Crippen LogP contribution in [0.4, 0.5) is 5.69 Å². The van der Waals surface area contributed by atoms with Crippen molar-refractivity contribution in [3.8, 4) is 0 Å². The van der Waals surface area contributed by atoms with E-state index in [0.717, 1.165) is 11.3 Å². The van der Waals surface area contributed by atoms with Gasteiger partial charge in [-0.3, -0.25) is 0 Å². The fraction of sp³-hybridized carbons (Fsp3) is 0.417. The van der Waals surface area contributed by atoms with Crippen LogP contribution in [0, 0.1) is 0 Å². The van der Waals surface area contributed by atoms with Crippen molar-refractivity contribution in [2.24, 2.45) is 5.73 Å². The van der Waals surface area contributed by atoms with Gasteiger partial charge in [-0.25, -0.2) is 0 Å². The highest BCUT2D eigenvalue weighted by Gasteiger charge is 2.31. The van der Waals surface area contributed by atoms with Crippen molar-refractivity contribution in [3.63, 3.8) is 0 Å². The monoisotopic (exact) mass is 220 g/mol. The van der Waals surface area contributed by atoms with Gasteiger partial charge in [0.05, 0.1) is 0 Å². The van der Waals surface area contributed by atoms with Crippen molar-refractivity contribution < 1.29 is 0 Å². The molecule has 3 N–H and O–H groups in total. The van der Waals surface area contributed by atoms with Gasteiger partial charge in [0.25, 0.3) is 0 Å². The molecular weight excluding hydrogens is 204 g/mol. The molecule has 0 aliphatic heterocycles. The summed E-state index contributed by atoms with van der Waals surface area (Å²) in [6, 6.07) is 8.01. The van der Waals surface area contributed by atoms with Crippen LogP contribution in [0.25, 0.3) is 0 Å². The second-order valence-electron chi connectivity index (χ2n) is 4.48. The van der Waals surface area contributed by atoms with Gasteiger partial charge in [0.1, 0.15) is 4.99 Å². The van der Waals surface area contributed by atoms with Crippen molar-refractivity contribution in [1.29, 1.82) is 0 Å². The Labute approximate surface area is 95.9 Å². The number of benzene rings is 1. The topological polar surface area (TPSA) is 38.0 Å². The molecule has 15 heavy (non-hydrogen) atoms. The lowest BCUT2D eigenvalue weighted by atomic mass is 9.78. The lowest BCUT2D eigenvalue weighted by molar-refractivity contribution is 0.306. The molecule has 1 aromatic carbocycles. The largest absolute Gasteiger partial charge is 0.389 e. The van der Waals surface area contributed by atoms with E-state index in [1.54, 1.807) is 0 Å². The number of nitrogens with two attached hydrogens (primary N) is 1. The first-order valence-electron chi connectivity index (χ1n) is 5.27. The van der Waals surface area contributed by atoms with Crippen LogP contribution >= 0.6 is 12.2 Å². The molecule has 0 aromatic heterocycles. The van der Waals surface area contributed by atoms with E-state index in [9.17, 15) is 0 Å². The molecule has 1 aliphatic carbocycles. The highest BCUT2D eigenvalue weighted by molar-refractivity contribution is 7.80. The minimum absolute atomic E-state index is 0.296. The predicted molar refractivity (Wildman–Crippen MR) is 68.2 cm³/mol. The van der Waals surface area contributed by atoms with E-state index in [1.807, 2.05) is 24.3 Å². The SMILES string of the molecule is CC1(Nc2ccc(C(N)=S)cc2)CCC1. The lowest BCUT2D eigenvalue weighted by Gasteiger charge is -2.40. The van der Waals surface area contributed by atoms with E-state index >= 15 is 0 Å². The van der Waals surface area contributed by atoms with Crippen molar-refractivity contribution in [2.45, 2.75) is 31.7 Å². The van der Waals surface area contributed by atoms with Gasteiger partial charge in [0.2, 0.25) is 0 Å². The Kier molecular flexibility index (Phi) is 2.65. The number of hydrogen-bond acceptors (Lipinski definition) is 2. The summed E-state index contributed by atoms with van der Waals surface area (Å²) < 4.78 is 0. The maximum atomic E-state index is 5.54. The fourth-order valence-electron chi connectivity index (χ4n) is 1.90. The van der Waals surface area contributed by atoms with Gasteiger partial charge in [-0.1, -0.05) is 12.2 Å². The zero-order chi connectivity index (χ0) is 10.9. The molecule has 0 amide bonds. The summed E-state index contributed by atoms with van der Waals surface area (Å²) in [6.07, 6.45) is 3.84. The van der Waals surface area contributed by atoms with Crippen LogP contribution in [0.3, 0.4) is 0 Å². The highest BCUT2D eigenvalue weighted by atomic mass is 32.1. The molecule has 3 heteroatoms. The maximum absolute atomic E-state index is 5.54. The van der Waals surface area contributed by atoms with Crippen molar-refractivity contribution in [3.05, 3.63) is 29.8 Å². The molecule has 1 aliphatic rings. The fourth-order valence-corrected chi connectivity index (χ4v) is 2.03. The first-order valence-corrected chi connectivity index (χ1v) is 5.68. The predicted octanol–water partition coefficient (Wildman–Crippen LogP) is 2.68. The Balaban J connectivity index is 2.07. The van der Waals surface area contributed by atoms with E-state index in [-0.39, 0.29) is 0 Å². The molecule has 0 spiro atoms. The van der Waals surface area contributed by atoms with E-state index < -0.39 is 0 Å². The molecule has 0 unspecified atom stereocenters. The molecule has 0 atom stereocenters. The van der Waals surface area contributed by atoms with Gasteiger partial charge < -0.3 is 11.1 Å². The minimum atomic E-state index is 0.296. The first-order chi connectivity index (χ1) is 7.09. The summed E-state index contributed by atoms with van der Waals surface area (Å²) in [5.74, 6) is 0. The third kappa shape index (κ3) is 2.29. The third-order valence-corrected chi connectivity index (χ3v) is 3.31. The molecular formula is C12H16N2S. The van der Waals surface area contributed by atoms with Gasteiger partial charge in [-0.05, 0) is 50.5 Å². The van der Waals surface area contributed by atoms with Gasteiger partial charge in [0, 0.05) is 16.8 Å². The molecule has 1 fully saturated rings. The second kappa shape index (κ2) is 3.81. The Hall–Kier alpha value is -1.09. The summed E-state index contributed by atoms with van der Waals surface area (Å²) in [7, 11) is 0. The van der Waals surface area contributed by atoms with Crippen LogP contribution in [0.15, 0.2) is 24.3 Å². The molecule has 1 saturated carbocycles. The van der Waals surface area contributed by atoms with Gasteiger partial charge in [-0.2, -0.15) is 0 Å². The van der Waals surface area contributed by atoms with Crippen molar-refractivity contribution >= 4 is 22.9 Å². The Morgan fingerprint density at radius 1 is 1.33 bits per heavy atom. The minimum Gasteiger partial charge on any atom is -0.389 e. The summed E-state index contributed by atoms with van der Waals surface area (Å²) >= 11 is 4.91. The quantitative estimate of drug-likeness (QED) is 0.769. The van der Waals surface area contributed by atoms with Crippen LogP contribution in [-0.2, 0) is 0 Å². The molecule has 0 heterocycles. The smallest absolute Gasteiger partial charge is 0.103 e. The normalized spacial score (nSPS) is 17.9. The number of rotatable bonds is 3. The summed E-state index contributed by atoms with van der Waals surface area (Å²) in [4.78, 5) is 0.455. The molecule has 0 saturated heterocycles. The molecule has 80 valence electrons. The van der Waals surface area contributed by atoms with Gasteiger partial charge >= 0.3 is 0 Å². The summed E-state index contributed by atoms with van der Waals surface area (Å²) in [5.41, 5.74) is 7.91. The number of thiocarbonyl (C=S) groups is 1. The summed E-state index contributed by atoms with van der Waals surface area (Å²) in [5, 5.41) is 3.54. The van der Waals surface area contributed by atoms with E-state index in [0.29, 0.717) is 10.5 Å². The Morgan fingerprint density at radius 3 is 2.33 bits per heavy atom. The van der Waals surface area contributed by atoms with Gasteiger partial charge in [0.15, 0.2) is 0 Å². The highest BCUT2D eigenvalue weighted by Crippen LogP contribution is 2.34. The van der Waals surface area contributed by atoms with E-state index in [2.05, 4.69) is 12.2 Å². The van der Waals surface area contributed by atoms with Crippen LogP contribution in [0.5, 0.6) is 0 Å². The van der Waals surface area contributed by atoms with E-state index in [1.165, 1.54) is 19.3 Å². The number of nitrogens with one attached hydrogen (secondary N) is 1. The number of hydrogen-bond donors (Lipinski definition) is 2. The van der Waals surface area contributed by atoms with Crippen molar-refractivity contribution in [2.75, 3.05) is 5.32 Å². The van der Waals surface area contributed by atoms with Crippen LogP contribution < -0.4 is 11.1 Å². The zero-order valence-electron chi connectivity index (χ0n) is 8.92.